The number of amides is 1. The molecule has 1 aliphatic heterocycles. The zero-order chi connectivity index (χ0) is 17.9. The van der Waals surface area contributed by atoms with E-state index in [4.69, 9.17) is 9.15 Å². The van der Waals surface area contributed by atoms with Crippen LogP contribution in [0, 0.1) is 0 Å². The summed E-state index contributed by atoms with van der Waals surface area (Å²) >= 11 is 0. The van der Waals surface area contributed by atoms with E-state index in [9.17, 15) is 4.79 Å². The van der Waals surface area contributed by atoms with Crippen molar-refractivity contribution in [3.8, 4) is 17.0 Å². The molecule has 1 aliphatic rings. The van der Waals surface area contributed by atoms with Gasteiger partial charge >= 0.3 is 0 Å². The smallest absolute Gasteiger partial charge is 0.247 e. The average molecular weight is 349 g/mol. The Balaban J connectivity index is 1.54. The van der Waals surface area contributed by atoms with Crippen LogP contribution in [-0.2, 0) is 17.8 Å². The summed E-state index contributed by atoms with van der Waals surface area (Å²) in [6.45, 7) is 1.20. The number of nitrogens with one attached hydrogen (secondary N) is 1. The molecule has 1 amide bonds. The molecule has 3 heterocycles. The second kappa shape index (κ2) is 6.92. The summed E-state index contributed by atoms with van der Waals surface area (Å²) in [7, 11) is 1.64. The summed E-state index contributed by atoms with van der Waals surface area (Å²) in [5.41, 5.74) is 4.05. The van der Waals surface area contributed by atoms with Gasteiger partial charge in [-0.2, -0.15) is 5.10 Å². The second-order valence-corrected chi connectivity index (χ2v) is 6.12. The number of aromatic amines is 1. The van der Waals surface area contributed by atoms with Crippen LogP contribution in [0.5, 0.6) is 5.75 Å². The summed E-state index contributed by atoms with van der Waals surface area (Å²) in [4.78, 5) is 14.3. The number of fused-ring (bicyclic) bond motifs is 1. The van der Waals surface area contributed by atoms with E-state index in [0.717, 1.165) is 34.7 Å². The van der Waals surface area contributed by atoms with Gasteiger partial charge in [-0.25, -0.2) is 0 Å². The maximum Gasteiger partial charge on any atom is 0.247 e. The number of H-pyrrole nitrogens is 1. The Morgan fingerprint density at radius 2 is 2.15 bits per heavy atom. The maximum absolute atomic E-state index is 12.5. The minimum atomic E-state index is -0.0334. The van der Waals surface area contributed by atoms with Crippen molar-refractivity contribution in [3.05, 3.63) is 65.8 Å². The van der Waals surface area contributed by atoms with E-state index in [2.05, 4.69) is 10.2 Å². The number of aromatic nitrogens is 2. The van der Waals surface area contributed by atoms with E-state index in [1.807, 2.05) is 35.2 Å². The summed E-state index contributed by atoms with van der Waals surface area (Å²) in [6, 6.07) is 11.4. The number of nitrogens with zero attached hydrogens (tertiary/aromatic N) is 2. The van der Waals surface area contributed by atoms with Gasteiger partial charge in [0.25, 0.3) is 0 Å². The third-order valence-electron chi connectivity index (χ3n) is 4.54. The molecule has 0 unspecified atom stereocenters. The van der Waals surface area contributed by atoms with E-state index in [0.29, 0.717) is 18.8 Å². The number of methoxy groups -OCH3 is 1. The lowest BCUT2D eigenvalue weighted by Gasteiger charge is -2.26. The van der Waals surface area contributed by atoms with Gasteiger partial charge in [0.15, 0.2) is 0 Å². The summed E-state index contributed by atoms with van der Waals surface area (Å²) in [5, 5.41) is 7.58. The van der Waals surface area contributed by atoms with Crippen molar-refractivity contribution in [1.82, 2.24) is 15.1 Å². The van der Waals surface area contributed by atoms with Crippen LogP contribution in [0.4, 0.5) is 0 Å². The molecule has 0 saturated carbocycles. The van der Waals surface area contributed by atoms with Gasteiger partial charge in [-0.15, -0.1) is 0 Å². The predicted molar refractivity (Wildman–Crippen MR) is 97.4 cm³/mol. The van der Waals surface area contributed by atoms with Gasteiger partial charge in [0, 0.05) is 42.4 Å². The number of furan rings is 1. The van der Waals surface area contributed by atoms with Gasteiger partial charge in [-0.3, -0.25) is 9.89 Å². The van der Waals surface area contributed by atoms with E-state index >= 15 is 0 Å². The highest BCUT2D eigenvalue weighted by atomic mass is 16.5. The molecule has 6 heteroatoms. The number of ether oxygens (including phenoxy) is 1. The molecule has 0 aliphatic carbocycles. The van der Waals surface area contributed by atoms with Crippen molar-refractivity contribution in [2.75, 3.05) is 13.7 Å². The molecule has 26 heavy (non-hydrogen) atoms. The Morgan fingerprint density at radius 3 is 2.88 bits per heavy atom. The minimum Gasteiger partial charge on any atom is -0.497 e. The lowest BCUT2D eigenvalue weighted by Crippen LogP contribution is -2.34. The first-order valence-corrected chi connectivity index (χ1v) is 8.45. The molecule has 132 valence electrons. The second-order valence-electron chi connectivity index (χ2n) is 6.12. The van der Waals surface area contributed by atoms with E-state index in [1.165, 1.54) is 0 Å². The van der Waals surface area contributed by atoms with Crippen molar-refractivity contribution >= 4 is 12.0 Å². The van der Waals surface area contributed by atoms with Gasteiger partial charge in [0.1, 0.15) is 11.5 Å². The first-order chi connectivity index (χ1) is 12.7. The predicted octanol–water partition coefficient (Wildman–Crippen LogP) is 3.28. The third kappa shape index (κ3) is 3.13. The van der Waals surface area contributed by atoms with Crippen molar-refractivity contribution in [2.45, 2.75) is 13.0 Å². The molecule has 4 rings (SSSR count). The largest absolute Gasteiger partial charge is 0.497 e. The molecular weight excluding hydrogens is 330 g/mol. The van der Waals surface area contributed by atoms with Crippen molar-refractivity contribution < 1.29 is 13.9 Å². The van der Waals surface area contributed by atoms with Gasteiger partial charge in [-0.05, 0) is 42.5 Å². The molecule has 0 atom stereocenters. The molecule has 3 aromatic rings. The van der Waals surface area contributed by atoms with Gasteiger partial charge in [-0.1, -0.05) is 0 Å². The third-order valence-corrected chi connectivity index (χ3v) is 4.54. The lowest BCUT2D eigenvalue weighted by atomic mass is 10.0. The molecule has 2 aromatic heterocycles. The number of benzene rings is 1. The normalized spacial score (nSPS) is 13.8. The highest BCUT2D eigenvalue weighted by Crippen LogP contribution is 2.29. The van der Waals surface area contributed by atoms with Crippen LogP contribution in [0.3, 0.4) is 0 Å². The van der Waals surface area contributed by atoms with Crippen LogP contribution in [0.25, 0.3) is 17.3 Å². The number of hydrogen-bond donors (Lipinski definition) is 1. The Kier molecular flexibility index (Phi) is 4.31. The Morgan fingerprint density at radius 1 is 1.31 bits per heavy atom. The summed E-state index contributed by atoms with van der Waals surface area (Å²) in [6.07, 6.45) is 5.59. The molecular formula is C20H19N3O3. The molecule has 1 aromatic carbocycles. The molecule has 0 bridgehead atoms. The minimum absolute atomic E-state index is 0.0334. The fourth-order valence-corrected chi connectivity index (χ4v) is 3.12. The Labute approximate surface area is 151 Å². The average Bonchev–Trinajstić information content (AvgIpc) is 3.35. The SMILES string of the molecule is COc1ccc(-c2n[nH]c3c2CN(C(=O)/C=C/c2ccco2)CC3)cc1. The first-order valence-electron chi connectivity index (χ1n) is 8.45. The Hall–Kier alpha value is -3.28. The molecule has 1 N–H and O–H groups in total. The van der Waals surface area contributed by atoms with Crippen LogP contribution in [-0.4, -0.2) is 34.7 Å². The van der Waals surface area contributed by atoms with Gasteiger partial charge in [0.05, 0.1) is 19.1 Å². The fourth-order valence-electron chi connectivity index (χ4n) is 3.12. The maximum atomic E-state index is 12.5. The van der Waals surface area contributed by atoms with Crippen LogP contribution >= 0.6 is 0 Å². The van der Waals surface area contributed by atoms with Crippen LogP contribution < -0.4 is 4.74 Å². The first kappa shape index (κ1) is 16.2. The highest BCUT2D eigenvalue weighted by molar-refractivity contribution is 5.91. The van der Waals surface area contributed by atoms with Crippen LogP contribution in [0.1, 0.15) is 17.0 Å². The quantitative estimate of drug-likeness (QED) is 0.734. The number of rotatable bonds is 4. The number of carbonyl (C=O) groups excluding carboxylic acids is 1. The van der Waals surface area contributed by atoms with Crippen LogP contribution in [0.2, 0.25) is 0 Å². The van der Waals surface area contributed by atoms with Crippen molar-refractivity contribution in [1.29, 1.82) is 0 Å². The van der Waals surface area contributed by atoms with E-state index in [-0.39, 0.29) is 5.91 Å². The molecule has 6 nitrogen and oxygen atoms in total. The Bertz CT molecular complexity index is 924. The van der Waals surface area contributed by atoms with Gasteiger partial charge < -0.3 is 14.1 Å². The molecule has 0 saturated heterocycles. The van der Waals surface area contributed by atoms with E-state index in [1.54, 1.807) is 31.6 Å². The molecule has 0 fully saturated rings. The zero-order valence-electron chi connectivity index (χ0n) is 14.4. The standard InChI is InChI=1S/C20H19N3O3/c1-25-15-6-4-14(5-7-15)20-17-13-23(11-10-18(17)21-22-20)19(24)9-8-16-3-2-12-26-16/h2-9,12H,10-11,13H2,1H3,(H,21,22)/b9-8+. The lowest BCUT2D eigenvalue weighted by molar-refractivity contribution is -0.126. The van der Waals surface area contributed by atoms with Gasteiger partial charge in [0.2, 0.25) is 5.91 Å². The van der Waals surface area contributed by atoms with Crippen LogP contribution in [0.15, 0.2) is 53.2 Å². The van der Waals surface area contributed by atoms with E-state index < -0.39 is 0 Å². The molecule has 0 spiro atoms. The summed E-state index contributed by atoms with van der Waals surface area (Å²) < 4.78 is 10.4. The number of carbonyl (C=O) groups is 1. The summed E-state index contributed by atoms with van der Waals surface area (Å²) in [5.74, 6) is 1.44. The van der Waals surface area contributed by atoms with Crippen molar-refractivity contribution in [2.24, 2.45) is 0 Å². The molecule has 0 radical (unpaired) electrons. The topological polar surface area (TPSA) is 71.4 Å². The number of hydrogen-bond acceptors (Lipinski definition) is 4. The van der Waals surface area contributed by atoms with Crippen molar-refractivity contribution in [3.63, 3.8) is 0 Å². The highest BCUT2D eigenvalue weighted by Gasteiger charge is 2.24. The zero-order valence-corrected chi connectivity index (χ0v) is 14.4. The fraction of sp³-hybridized carbons (Fsp3) is 0.200. The monoisotopic (exact) mass is 349 g/mol.